The first-order valence-corrected chi connectivity index (χ1v) is 6.46. The molecule has 3 N–H and O–H groups in total. The van der Waals surface area contributed by atoms with Gasteiger partial charge in [0.1, 0.15) is 0 Å². The molecular weight excluding hydrogens is 266 g/mol. The van der Waals surface area contributed by atoms with Crippen molar-refractivity contribution in [1.29, 1.82) is 0 Å². The van der Waals surface area contributed by atoms with E-state index in [4.69, 9.17) is 27.3 Å². The van der Waals surface area contributed by atoms with Crippen molar-refractivity contribution in [2.75, 3.05) is 24.7 Å². The van der Waals surface area contributed by atoms with Crippen molar-refractivity contribution in [3.63, 3.8) is 0 Å². The second kappa shape index (κ2) is 5.27. The van der Waals surface area contributed by atoms with E-state index in [2.05, 4.69) is 23.9 Å². The van der Waals surface area contributed by atoms with E-state index < -0.39 is 0 Å². The molecule has 0 spiro atoms. The van der Waals surface area contributed by atoms with Gasteiger partial charge in [0.05, 0.1) is 23.8 Å². The van der Waals surface area contributed by atoms with Gasteiger partial charge in [0, 0.05) is 17.8 Å². The van der Waals surface area contributed by atoms with Crippen molar-refractivity contribution in [1.82, 2.24) is 0 Å². The molecule has 1 saturated heterocycles. The first-order valence-electron chi connectivity index (χ1n) is 6.08. The highest BCUT2D eigenvalue weighted by Gasteiger charge is 2.30. The number of nitrogens with two attached hydrogens (primary N) is 1. The molecule has 6 heteroatoms. The van der Waals surface area contributed by atoms with Crippen molar-refractivity contribution in [3.8, 4) is 0 Å². The largest absolute Gasteiger partial charge is 0.409 e. The number of rotatable bonds is 2. The summed E-state index contributed by atoms with van der Waals surface area (Å²) in [6.45, 7) is 6.43. The van der Waals surface area contributed by atoms with E-state index in [1.165, 1.54) is 0 Å². The van der Waals surface area contributed by atoms with Gasteiger partial charge in [0.25, 0.3) is 0 Å². The van der Waals surface area contributed by atoms with E-state index in [0.717, 1.165) is 12.2 Å². The van der Waals surface area contributed by atoms with Gasteiger partial charge >= 0.3 is 0 Å². The van der Waals surface area contributed by atoms with E-state index in [1.54, 1.807) is 6.07 Å². The van der Waals surface area contributed by atoms with Crippen molar-refractivity contribution >= 4 is 23.1 Å². The van der Waals surface area contributed by atoms with E-state index in [-0.39, 0.29) is 11.4 Å². The van der Waals surface area contributed by atoms with E-state index >= 15 is 0 Å². The maximum absolute atomic E-state index is 8.69. The molecule has 0 bridgehead atoms. The normalized spacial score (nSPS) is 19.5. The third-order valence-corrected chi connectivity index (χ3v) is 3.61. The van der Waals surface area contributed by atoms with Gasteiger partial charge < -0.3 is 20.6 Å². The number of hydrogen-bond donors (Lipinski definition) is 2. The minimum Gasteiger partial charge on any atom is -0.409 e. The monoisotopic (exact) mass is 283 g/mol. The molecule has 0 radical (unpaired) electrons. The molecule has 5 nitrogen and oxygen atoms in total. The smallest absolute Gasteiger partial charge is 0.171 e. The Kier molecular flexibility index (Phi) is 3.87. The Morgan fingerprint density at radius 1 is 1.53 bits per heavy atom. The number of amidine groups is 1. The number of morpholine rings is 1. The minimum absolute atomic E-state index is 0.0118. The minimum atomic E-state index is -0.0836. The van der Waals surface area contributed by atoms with Crippen LogP contribution in [0.3, 0.4) is 0 Å². The summed E-state index contributed by atoms with van der Waals surface area (Å²) < 4.78 is 5.50. The summed E-state index contributed by atoms with van der Waals surface area (Å²) in [6, 6.07) is 5.52. The number of benzene rings is 1. The number of oxime groups is 1. The zero-order valence-corrected chi connectivity index (χ0v) is 11.8. The standard InChI is InChI=1S/C13H18ClN3O2/c1-13(2)8-19-6-5-17(13)9-3-4-10(11(14)7-9)12(15)16-18/h3-4,7,18H,5-6,8H2,1-2H3,(H2,15,16). The van der Waals surface area contributed by atoms with Crippen LogP contribution >= 0.6 is 11.6 Å². The van der Waals surface area contributed by atoms with Crippen LogP contribution in [0.1, 0.15) is 19.4 Å². The first-order chi connectivity index (χ1) is 8.95. The molecule has 0 aromatic heterocycles. The van der Waals surface area contributed by atoms with E-state index in [0.29, 0.717) is 23.8 Å². The topological polar surface area (TPSA) is 71.1 Å². The van der Waals surface area contributed by atoms with Gasteiger partial charge in [-0.15, -0.1) is 0 Å². The zero-order valence-electron chi connectivity index (χ0n) is 11.1. The van der Waals surface area contributed by atoms with Crippen LogP contribution < -0.4 is 10.6 Å². The van der Waals surface area contributed by atoms with Crippen LogP contribution in [0.25, 0.3) is 0 Å². The molecule has 19 heavy (non-hydrogen) atoms. The van der Waals surface area contributed by atoms with Crippen LogP contribution in [0, 0.1) is 0 Å². The number of hydrogen-bond acceptors (Lipinski definition) is 4. The van der Waals surface area contributed by atoms with Crippen LogP contribution in [0.15, 0.2) is 23.4 Å². The fourth-order valence-electron chi connectivity index (χ4n) is 2.27. The van der Waals surface area contributed by atoms with Crippen molar-refractivity contribution in [3.05, 3.63) is 28.8 Å². The average Bonchev–Trinajstić information content (AvgIpc) is 2.37. The van der Waals surface area contributed by atoms with Crippen LogP contribution in [0.5, 0.6) is 0 Å². The molecule has 1 aliphatic rings. The van der Waals surface area contributed by atoms with Crippen LogP contribution in [-0.4, -0.2) is 36.3 Å². The second-order valence-corrected chi connectivity index (χ2v) is 5.57. The summed E-state index contributed by atoms with van der Waals surface area (Å²) in [7, 11) is 0. The molecule has 1 aromatic carbocycles. The number of ether oxygens (including phenoxy) is 1. The van der Waals surface area contributed by atoms with Crippen molar-refractivity contribution < 1.29 is 9.94 Å². The molecule has 1 heterocycles. The number of halogens is 1. The fraction of sp³-hybridized carbons (Fsp3) is 0.462. The first kappa shape index (κ1) is 14.0. The molecule has 1 aromatic rings. The third-order valence-electron chi connectivity index (χ3n) is 3.29. The van der Waals surface area contributed by atoms with Gasteiger partial charge in [-0.3, -0.25) is 0 Å². The lowest BCUT2D eigenvalue weighted by Gasteiger charge is -2.44. The summed E-state index contributed by atoms with van der Waals surface area (Å²) in [5.74, 6) is 0.0118. The SMILES string of the molecule is CC1(C)COCCN1c1ccc(C(N)=NO)c(Cl)c1. The van der Waals surface area contributed by atoms with Gasteiger partial charge in [-0.05, 0) is 32.0 Å². The Hall–Kier alpha value is -1.46. The predicted octanol–water partition coefficient (Wildman–Crippen LogP) is 2.05. The fourth-order valence-corrected chi connectivity index (χ4v) is 2.54. The molecule has 0 amide bonds. The predicted molar refractivity (Wildman–Crippen MR) is 76.2 cm³/mol. The highest BCUT2D eigenvalue weighted by molar-refractivity contribution is 6.34. The van der Waals surface area contributed by atoms with Crippen LogP contribution in [0.4, 0.5) is 5.69 Å². The van der Waals surface area contributed by atoms with Crippen LogP contribution in [-0.2, 0) is 4.74 Å². The quantitative estimate of drug-likeness (QED) is 0.377. The summed E-state index contributed by atoms with van der Waals surface area (Å²) >= 11 is 6.19. The molecular formula is C13H18ClN3O2. The van der Waals surface area contributed by atoms with E-state index in [9.17, 15) is 0 Å². The molecule has 2 rings (SSSR count). The van der Waals surface area contributed by atoms with Gasteiger partial charge in [0.15, 0.2) is 5.84 Å². The lowest BCUT2D eigenvalue weighted by molar-refractivity contribution is 0.0644. The molecule has 104 valence electrons. The Balaban J connectivity index is 2.34. The van der Waals surface area contributed by atoms with Gasteiger partial charge in [-0.1, -0.05) is 16.8 Å². The molecule has 0 aliphatic carbocycles. The molecule has 0 saturated carbocycles. The van der Waals surface area contributed by atoms with Gasteiger partial charge in [-0.25, -0.2) is 0 Å². The Labute approximate surface area is 117 Å². The summed E-state index contributed by atoms with van der Waals surface area (Å²) in [5.41, 5.74) is 7.01. The lowest BCUT2D eigenvalue weighted by atomic mass is 10.0. The number of nitrogens with zero attached hydrogens (tertiary/aromatic N) is 2. The Morgan fingerprint density at radius 2 is 2.26 bits per heavy atom. The molecule has 1 fully saturated rings. The van der Waals surface area contributed by atoms with E-state index in [1.807, 2.05) is 12.1 Å². The zero-order chi connectivity index (χ0) is 14.0. The summed E-state index contributed by atoms with van der Waals surface area (Å²) in [5, 5.41) is 12.1. The van der Waals surface area contributed by atoms with Gasteiger partial charge in [0.2, 0.25) is 0 Å². The molecule has 0 atom stereocenters. The lowest BCUT2D eigenvalue weighted by Crippen LogP contribution is -2.53. The van der Waals surface area contributed by atoms with Crippen LogP contribution in [0.2, 0.25) is 5.02 Å². The summed E-state index contributed by atoms with van der Waals surface area (Å²) in [6.07, 6.45) is 0. The van der Waals surface area contributed by atoms with Crippen molar-refractivity contribution in [2.24, 2.45) is 10.9 Å². The summed E-state index contributed by atoms with van der Waals surface area (Å²) in [4.78, 5) is 2.25. The maximum Gasteiger partial charge on any atom is 0.171 e. The number of anilines is 1. The Bertz CT molecular complexity index is 503. The van der Waals surface area contributed by atoms with Gasteiger partial charge in [-0.2, -0.15) is 0 Å². The maximum atomic E-state index is 8.69. The highest BCUT2D eigenvalue weighted by atomic mass is 35.5. The molecule has 0 unspecified atom stereocenters. The Morgan fingerprint density at radius 3 is 2.84 bits per heavy atom. The average molecular weight is 284 g/mol. The third kappa shape index (κ3) is 2.77. The molecule has 1 aliphatic heterocycles. The second-order valence-electron chi connectivity index (χ2n) is 5.17. The van der Waals surface area contributed by atoms with Crippen molar-refractivity contribution in [2.45, 2.75) is 19.4 Å². The highest BCUT2D eigenvalue weighted by Crippen LogP contribution is 2.30.